The van der Waals surface area contributed by atoms with E-state index in [0.717, 1.165) is 9.37 Å². The lowest BCUT2D eigenvalue weighted by molar-refractivity contribution is 0.0642. The Morgan fingerprint density at radius 3 is 2.48 bits per heavy atom. The van der Waals surface area contributed by atoms with Crippen LogP contribution in [0.2, 0.25) is 0 Å². The van der Waals surface area contributed by atoms with Crippen molar-refractivity contribution in [3.05, 3.63) is 63.4 Å². The maximum absolute atomic E-state index is 13.0. The summed E-state index contributed by atoms with van der Waals surface area (Å²) in [6, 6.07) is 8.83. The summed E-state index contributed by atoms with van der Waals surface area (Å²) in [6.07, 6.45) is 0. The molecule has 1 aliphatic rings. The molecule has 2 amide bonds. The third-order valence-corrected chi connectivity index (χ3v) is 3.86. The predicted octanol–water partition coefficient (Wildman–Crippen LogP) is 2.97. The van der Waals surface area contributed by atoms with Gasteiger partial charge in [-0.1, -0.05) is 22.0 Å². The van der Waals surface area contributed by atoms with Crippen LogP contribution >= 0.6 is 15.9 Å². The molecule has 0 atom stereocenters. The lowest BCUT2D eigenvalue weighted by Crippen LogP contribution is -2.29. The monoisotopic (exact) mass is 348 g/mol. The standard InChI is InChI=1S/C15H10BrFN2O2/c16-9-2-4-11-12(5-9)15(21)19(14(11)20)7-8-1-3-10(17)6-13(8)18/h1-6H,7,18H2. The molecule has 0 aliphatic carbocycles. The number of nitrogens with two attached hydrogens (primary N) is 1. The van der Waals surface area contributed by atoms with Gasteiger partial charge in [-0.3, -0.25) is 14.5 Å². The second-order valence-corrected chi connectivity index (χ2v) is 5.65. The first-order valence-electron chi connectivity index (χ1n) is 6.17. The molecule has 1 heterocycles. The molecular weight excluding hydrogens is 339 g/mol. The molecule has 0 saturated carbocycles. The van der Waals surface area contributed by atoms with E-state index in [0.29, 0.717) is 16.7 Å². The fraction of sp³-hybridized carbons (Fsp3) is 0.0667. The van der Waals surface area contributed by atoms with Crippen LogP contribution in [-0.4, -0.2) is 16.7 Å². The van der Waals surface area contributed by atoms with E-state index in [1.54, 1.807) is 18.2 Å². The summed E-state index contributed by atoms with van der Waals surface area (Å²) < 4.78 is 13.8. The summed E-state index contributed by atoms with van der Waals surface area (Å²) in [7, 11) is 0. The van der Waals surface area contributed by atoms with Gasteiger partial charge in [-0.2, -0.15) is 0 Å². The Hall–Kier alpha value is -2.21. The summed E-state index contributed by atoms with van der Waals surface area (Å²) in [5.74, 6) is -1.20. The number of halogens is 2. The van der Waals surface area contributed by atoms with Crippen LogP contribution in [0.4, 0.5) is 10.1 Å². The summed E-state index contributed by atoms with van der Waals surface area (Å²) in [6.45, 7) is 0.0239. The molecular formula is C15H10BrFN2O2. The highest BCUT2D eigenvalue weighted by Gasteiger charge is 2.35. The Morgan fingerprint density at radius 1 is 1.05 bits per heavy atom. The van der Waals surface area contributed by atoms with Gasteiger partial charge in [0.05, 0.1) is 17.7 Å². The van der Waals surface area contributed by atoms with E-state index in [-0.39, 0.29) is 24.0 Å². The maximum atomic E-state index is 13.0. The van der Waals surface area contributed by atoms with Gasteiger partial charge in [-0.05, 0) is 35.9 Å². The van der Waals surface area contributed by atoms with E-state index in [9.17, 15) is 14.0 Å². The number of carbonyl (C=O) groups excluding carboxylic acids is 2. The third-order valence-electron chi connectivity index (χ3n) is 3.37. The number of nitrogen functional groups attached to an aromatic ring is 1. The summed E-state index contributed by atoms with van der Waals surface area (Å²) in [5, 5.41) is 0. The van der Waals surface area contributed by atoms with Crippen molar-refractivity contribution in [1.29, 1.82) is 0 Å². The van der Waals surface area contributed by atoms with E-state index < -0.39 is 5.82 Å². The first-order valence-corrected chi connectivity index (χ1v) is 6.96. The van der Waals surface area contributed by atoms with Gasteiger partial charge in [0, 0.05) is 10.2 Å². The number of hydrogen-bond donors (Lipinski definition) is 1. The zero-order valence-corrected chi connectivity index (χ0v) is 12.4. The Balaban J connectivity index is 1.95. The number of carbonyl (C=O) groups is 2. The number of rotatable bonds is 2. The van der Waals surface area contributed by atoms with Crippen LogP contribution in [0.15, 0.2) is 40.9 Å². The van der Waals surface area contributed by atoms with Gasteiger partial charge in [0.25, 0.3) is 11.8 Å². The van der Waals surface area contributed by atoms with Gasteiger partial charge in [0.2, 0.25) is 0 Å². The Labute approximate surface area is 128 Å². The number of hydrogen-bond acceptors (Lipinski definition) is 3. The van der Waals surface area contributed by atoms with E-state index in [4.69, 9.17) is 5.73 Å². The molecule has 2 aromatic carbocycles. The van der Waals surface area contributed by atoms with Crippen LogP contribution in [0.5, 0.6) is 0 Å². The SMILES string of the molecule is Nc1cc(F)ccc1CN1C(=O)c2ccc(Br)cc2C1=O. The van der Waals surface area contributed by atoms with Gasteiger partial charge >= 0.3 is 0 Å². The van der Waals surface area contributed by atoms with Gasteiger partial charge in [-0.15, -0.1) is 0 Å². The highest BCUT2D eigenvalue weighted by atomic mass is 79.9. The normalized spacial score (nSPS) is 13.7. The van der Waals surface area contributed by atoms with Gasteiger partial charge in [0.1, 0.15) is 5.82 Å². The molecule has 2 N–H and O–H groups in total. The van der Waals surface area contributed by atoms with Crippen LogP contribution in [-0.2, 0) is 6.54 Å². The predicted molar refractivity (Wildman–Crippen MR) is 79.2 cm³/mol. The van der Waals surface area contributed by atoms with Gasteiger partial charge in [0.15, 0.2) is 0 Å². The van der Waals surface area contributed by atoms with Crippen molar-refractivity contribution in [3.63, 3.8) is 0 Å². The molecule has 1 aliphatic heterocycles. The van der Waals surface area contributed by atoms with Crippen molar-refractivity contribution in [2.75, 3.05) is 5.73 Å². The molecule has 3 rings (SSSR count). The molecule has 6 heteroatoms. The number of benzene rings is 2. The minimum atomic E-state index is -0.456. The minimum Gasteiger partial charge on any atom is -0.398 e. The quantitative estimate of drug-likeness (QED) is 0.670. The smallest absolute Gasteiger partial charge is 0.261 e. The number of imide groups is 1. The van der Waals surface area contributed by atoms with E-state index in [1.165, 1.54) is 18.2 Å². The van der Waals surface area contributed by atoms with Crippen molar-refractivity contribution in [2.45, 2.75) is 6.54 Å². The highest BCUT2D eigenvalue weighted by molar-refractivity contribution is 9.10. The van der Waals surface area contributed by atoms with Crippen molar-refractivity contribution >= 4 is 33.4 Å². The summed E-state index contributed by atoms with van der Waals surface area (Å²) in [4.78, 5) is 25.7. The number of fused-ring (bicyclic) bond motifs is 1. The minimum absolute atomic E-state index is 0.0239. The van der Waals surface area contributed by atoms with Crippen molar-refractivity contribution < 1.29 is 14.0 Å². The first kappa shape index (κ1) is 13.8. The highest BCUT2D eigenvalue weighted by Crippen LogP contribution is 2.28. The zero-order chi connectivity index (χ0) is 15.1. The van der Waals surface area contributed by atoms with Crippen LogP contribution in [0, 0.1) is 5.82 Å². The molecule has 0 saturated heterocycles. The second kappa shape index (κ2) is 4.96. The average Bonchev–Trinajstić information content (AvgIpc) is 2.66. The fourth-order valence-corrected chi connectivity index (χ4v) is 2.65. The van der Waals surface area contributed by atoms with E-state index >= 15 is 0 Å². The number of nitrogens with zero attached hydrogens (tertiary/aromatic N) is 1. The second-order valence-electron chi connectivity index (χ2n) is 4.73. The van der Waals surface area contributed by atoms with Gasteiger partial charge < -0.3 is 5.73 Å². The molecule has 0 spiro atoms. The van der Waals surface area contributed by atoms with Crippen molar-refractivity contribution in [3.8, 4) is 0 Å². The topological polar surface area (TPSA) is 63.4 Å². The Bertz CT molecular complexity index is 776. The summed E-state index contributed by atoms with van der Waals surface area (Å²) >= 11 is 3.27. The van der Waals surface area contributed by atoms with Crippen LogP contribution in [0.3, 0.4) is 0 Å². The Kier molecular flexibility index (Phi) is 3.25. The Morgan fingerprint density at radius 2 is 1.76 bits per heavy atom. The largest absolute Gasteiger partial charge is 0.398 e. The van der Waals surface area contributed by atoms with Crippen molar-refractivity contribution in [1.82, 2.24) is 4.90 Å². The zero-order valence-electron chi connectivity index (χ0n) is 10.8. The van der Waals surface area contributed by atoms with Crippen LogP contribution in [0.1, 0.15) is 26.3 Å². The fourth-order valence-electron chi connectivity index (χ4n) is 2.29. The molecule has 0 radical (unpaired) electrons. The molecule has 0 aromatic heterocycles. The molecule has 4 nitrogen and oxygen atoms in total. The number of anilines is 1. The molecule has 0 fully saturated rings. The van der Waals surface area contributed by atoms with Crippen LogP contribution in [0.25, 0.3) is 0 Å². The van der Waals surface area contributed by atoms with Gasteiger partial charge in [-0.25, -0.2) is 4.39 Å². The summed E-state index contributed by atoms with van der Waals surface area (Å²) in [5.41, 5.74) is 7.19. The molecule has 106 valence electrons. The average molecular weight is 349 g/mol. The maximum Gasteiger partial charge on any atom is 0.261 e. The lowest BCUT2D eigenvalue weighted by Gasteiger charge is -2.15. The molecule has 2 aromatic rings. The molecule has 21 heavy (non-hydrogen) atoms. The number of amides is 2. The lowest BCUT2D eigenvalue weighted by atomic mass is 10.1. The third kappa shape index (κ3) is 2.31. The first-order chi connectivity index (χ1) is 9.97. The van der Waals surface area contributed by atoms with Crippen molar-refractivity contribution in [2.24, 2.45) is 0 Å². The van der Waals surface area contributed by atoms with E-state index in [1.807, 2.05) is 0 Å². The van der Waals surface area contributed by atoms with Crippen LogP contribution < -0.4 is 5.73 Å². The van der Waals surface area contributed by atoms with E-state index in [2.05, 4.69) is 15.9 Å². The molecule has 0 bridgehead atoms. The molecule has 0 unspecified atom stereocenters.